The SMILES string of the molecule is OCC1NCc2ccsc2-n2cccc21. The molecule has 3 rings (SSSR count). The molecule has 0 aromatic carbocycles. The first-order valence-electron chi connectivity index (χ1n) is 4.98. The Balaban J connectivity index is 2.18. The Morgan fingerprint density at radius 3 is 3.33 bits per heavy atom. The summed E-state index contributed by atoms with van der Waals surface area (Å²) >= 11 is 1.74. The highest BCUT2D eigenvalue weighted by molar-refractivity contribution is 7.12. The number of aliphatic hydroxyl groups is 1. The van der Waals surface area contributed by atoms with Crippen LogP contribution in [0.3, 0.4) is 0 Å². The van der Waals surface area contributed by atoms with Gasteiger partial charge in [-0.3, -0.25) is 0 Å². The highest BCUT2D eigenvalue weighted by Gasteiger charge is 2.20. The van der Waals surface area contributed by atoms with Gasteiger partial charge in [0.1, 0.15) is 5.00 Å². The van der Waals surface area contributed by atoms with Gasteiger partial charge < -0.3 is 15.0 Å². The van der Waals surface area contributed by atoms with Crippen molar-refractivity contribution < 1.29 is 5.11 Å². The molecular weight excluding hydrogens is 208 g/mol. The Morgan fingerprint density at radius 1 is 1.53 bits per heavy atom. The molecule has 0 saturated heterocycles. The number of aromatic nitrogens is 1. The van der Waals surface area contributed by atoms with Crippen molar-refractivity contribution in [1.82, 2.24) is 9.88 Å². The maximum absolute atomic E-state index is 9.33. The van der Waals surface area contributed by atoms with Crippen molar-refractivity contribution in [2.45, 2.75) is 12.6 Å². The van der Waals surface area contributed by atoms with E-state index in [9.17, 15) is 5.11 Å². The molecular formula is C11H12N2OS. The molecule has 78 valence electrons. The number of thiophene rings is 1. The number of nitrogens with one attached hydrogen (secondary N) is 1. The lowest BCUT2D eigenvalue weighted by Gasteiger charge is -2.13. The molecule has 3 nitrogen and oxygen atoms in total. The number of aliphatic hydroxyl groups excluding tert-OH is 1. The zero-order valence-electron chi connectivity index (χ0n) is 8.18. The standard InChI is InChI=1S/C11H12N2OS/c14-7-9-10-2-1-4-13(10)11-8(6-12-9)3-5-15-11/h1-5,9,12,14H,6-7H2. The highest BCUT2D eigenvalue weighted by Crippen LogP contribution is 2.29. The zero-order chi connectivity index (χ0) is 10.3. The molecule has 0 amide bonds. The van der Waals surface area contributed by atoms with Crippen LogP contribution in [-0.2, 0) is 6.54 Å². The molecule has 0 aliphatic carbocycles. The normalized spacial score (nSPS) is 19.4. The van der Waals surface area contributed by atoms with Gasteiger partial charge in [-0.25, -0.2) is 0 Å². The second-order valence-corrected chi connectivity index (χ2v) is 4.56. The van der Waals surface area contributed by atoms with E-state index in [1.54, 1.807) is 11.3 Å². The van der Waals surface area contributed by atoms with Gasteiger partial charge in [-0.1, -0.05) is 0 Å². The van der Waals surface area contributed by atoms with Gasteiger partial charge in [-0.15, -0.1) is 11.3 Å². The lowest BCUT2D eigenvalue weighted by Crippen LogP contribution is -2.23. The molecule has 0 saturated carbocycles. The summed E-state index contributed by atoms with van der Waals surface area (Å²) in [6, 6.07) is 6.26. The summed E-state index contributed by atoms with van der Waals surface area (Å²) in [5.74, 6) is 0. The fourth-order valence-corrected chi connectivity index (χ4v) is 2.97. The first-order chi connectivity index (χ1) is 7.40. The van der Waals surface area contributed by atoms with E-state index in [0.29, 0.717) is 0 Å². The summed E-state index contributed by atoms with van der Waals surface area (Å²) in [6.07, 6.45) is 2.06. The van der Waals surface area contributed by atoms with Crippen LogP contribution in [0.25, 0.3) is 5.00 Å². The van der Waals surface area contributed by atoms with Crippen molar-refractivity contribution in [1.29, 1.82) is 0 Å². The number of rotatable bonds is 1. The molecule has 0 fully saturated rings. The molecule has 1 aliphatic heterocycles. The van der Waals surface area contributed by atoms with E-state index in [-0.39, 0.29) is 12.6 Å². The number of nitrogens with zero attached hydrogens (tertiary/aromatic N) is 1. The predicted molar refractivity (Wildman–Crippen MR) is 60.3 cm³/mol. The molecule has 1 atom stereocenters. The van der Waals surface area contributed by atoms with Crippen molar-refractivity contribution in [3.63, 3.8) is 0 Å². The average Bonchev–Trinajstić information content (AvgIpc) is 2.85. The number of fused-ring (bicyclic) bond motifs is 3. The summed E-state index contributed by atoms with van der Waals surface area (Å²) in [6.45, 7) is 0.963. The van der Waals surface area contributed by atoms with Gasteiger partial charge in [-0.05, 0) is 23.6 Å². The summed E-state index contributed by atoms with van der Waals surface area (Å²) < 4.78 is 2.17. The van der Waals surface area contributed by atoms with E-state index in [4.69, 9.17) is 0 Å². The molecule has 0 spiro atoms. The van der Waals surface area contributed by atoms with Crippen LogP contribution in [0, 0.1) is 0 Å². The van der Waals surface area contributed by atoms with Crippen LogP contribution in [0.1, 0.15) is 17.3 Å². The summed E-state index contributed by atoms with van der Waals surface area (Å²) in [7, 11) is 0. The molecule has 2 N–H and O–H groups in total. The number of hydrogen-bond donors (Lipinski definition) is 2. The lowest BCUT2D eigenvalue weighted by molar-refractivity contribution is 0.241. The Hall–Kier alpha value is -1.10. The van der Waals surface area contributed by atoms with Crippen molar-refractivity contribution in [2.24, 2.45) is 0 Å². The van der Waals surface area contributed by atoms with E-state index in [1.807, 2.05) is 6.07 Å². The fraction of sp³-hybridized carbons (Fsp3) is 0.273. The van der Waals surface area contributed by atoms with E-state index in [2.05, 4.69) is 33.6 Å². The number of hydrogen-bond acceptors (Lipinski definition) is 3. The van der Waals surface area contributed by atoms with Crippen LogP contribution in [0.4, 0.5) is 0 Å². The highest BCUT2D eigenvalue weighted by atomic mass is 32.1. The van der Waals surface area contributed by atoms with Crippen LogP contribution < -0.4 is 5.32 Å². The largest absolute Gasteiger partial charge is 0.394 e. The molecule has 0 bridgehead atoms. The third kappa shape index (κ3) is 1.33. The first-order valence-corrected chi connectivity index (χ1v) is 5.86. The molecule has 4 heteroatoms. The minimum absolute atomic E-state index is 0.0413. The molecule has 2 aromatic rings. The van der Waals surface area contributed by atoms with Gasteiger partial charge in [0.2, 0.25) is 0 Å². The second-order valence-electron chi connectivity index (χ2n) is 3.67. The van der Waals surface area contributed by atoms with E-state index < -0.39 is 0 Å². The molecule has 0 radical (unpaired) electrons. The van der Waals surface area contributed by atoms with Crippen molar-refractivity contribution in [3.8, 4) is 5.00 Å². The smallest absolute Gasteiger partial charge is 0.104 e. The van der Waals surface area contributed by atoms with Crippen molar-refractivity contribution in [2.75, 3.05) is 6.61 Å². The Morgan fingerprint density at radius 2 is 2.47 bits per heavy atom. The minimum Gasteiger partial charge on any atom is -0.394 e. The van der Waals surface area contributed by atoms with Crippen LogP contribution in [0.5, 0.6) is 0 Å². The first kappa shape index (κ1) is 9.15. The van der Waals surface area contributed by atoms with Crippen LogP contribution in [0.2, 0.25) is 0 Å². The Labute approximate surface area is 92.0 Å². The van der Waals surface area contributed by atoms with E-state index >= 15 is 0 Å². The molecule has 3 heterocycles. The fourth-order valence-electron chi connectivity index (χ4n) is 2.03. The molecule has 1 unspecified atom stereocenters. The summed E-state index contributed by atoms with van der Waals surface area (Å²) in [5.41, 5.74) is 2.44. The maximum Gasteiger partial charge on any atom is 0.104 e. The molecule has 1 aliphatic rings. The predicted octanol–water partition coefficient (Wildman–Crippen LogP) is 1.68. The average molecular weight is 220 g/mol. The Bertz CT molecular complexity index is 474. The second kappa shape index (κ2) is 3.48. The van der Waals surface area contributed by atoms with E-state index in [1.165, 1.54) is 10.6 Å². The molecule has 2 aromatic heterocycles. The van der Waals surface area contributed by atoms with Crippen LogP contribution in [0.15, 0.2) is 29.8 Å². The Kier molecular flexibility index (Phi) is 2.12. The van der Waals surface area contributed by atoms with Gasteiger partial charge in [0.05, 0.1) is 12.6 Å². The van der Waals surface area contributed by atoms with Gasteiger partial charge >= 0.3 is 0 Å². The van der Waals surface area contributed by atoms with Crippen LogP contribution in [-0.4, -0.2) is 16.3 Å². The van der Waals surface area contributed by atoms with E-state index in [0.717, 1.165) is 12.2 Å². The van der Waals surface area contributed by atoms with Crippen molar-refractivity contribution in [3.05, 3.63) is 41.0 Å². The third-order valence-corrected chi connectivity index (χ3v) is 3.76. The maximum atomic E-state index is 9.33. The van der Waals surface area contributed by atoms with Gasteiger partial charge in [0.15, 0.2) is 0 Å². The third-order valence-electron chi connectivity index (χ3n) is 2.80. The quantitative estimate of drug-likeness (QED) is 0.767. The summed E-state index contributed by atoms with van der Waals surface area (Å²) in [4.78, 5) is 0. The zero-order valence-corrected chi connectivity index (χ0v) is 9.00. The van der Waals surface area contributed by atoms with Crippen LogP contribution >= 0.6 is 11.3 Å². The topological polar surface area (TPSA) is 37.2 Å². The monoisotopic (exact) mass is 220 g/mol. The molecule has 15 heavy (non-hydrogen) atoms. The van der Waals surface area contributed by atoms with Gasteiger partial charge in [0.25, 0.3) is 0 Å². The van der Waals surface area contributed by atoms with Gasteiger partial charge in [0, 0.05) is 24.0 Å². The lowest BCUT2D eigenvalue weighted by atomic mass is 10.2. The summed E-state index contributed by atoms with van der Waals surface area (Å²) in [5, 5.41) is 16.0. The van der Waals surface area contributed by atoms with Gasteiger partial charge in [-0.2, -0.15) is 0 Å². The van der Waals surface area contributed by atoms with Crippen molar-refractivity contribution >= 4 is 11.3 Å². The minimum atomic E-state index is 0.0413.